The molecule has 0 fully saturated rings. The lowest BCUT2D eigenvalue weighted by molar-refractivity contribution is 0.417. The van der Waals surface area contributed by atoms with Gasteiger partial charge in [-0.2, -0.15) is 8.42 Å². The maximum Gasteiger partial charge on any atom is 0.285 e. The predicted octanol–water partition coefficient (Wildman–Crippen LogP) is 3.02. The molecule has 1 aromatic heterocycles. The van der Waals surface area contributed by atoms with E-state index in [1.807, 2.05) is 29.7 Å². The van der Waals surface area contributed by atoms with Gasteiger partial charge in [-0.25, -0.2) is 0 Å². The Morgan fingerprint density at radius 1 is 1.13 bits per heavy atom. The van der Waals surface area contributed by atoms with Gasteiger partial charge < -0.3 is 9.30 Å². The minimum absolute atomic E-state index is 0.187. The molecule has 0 saturated carbocycles. The van der Waals surface area contributed by atoms with Gasteiger partial charge in [-0.15, -0.1) is 4.40 Å². The minimum atomic E-state index is -3.74. The molecule has 0 aliphatic carbocycles. The van der Waals surface area contributed by atoms with Crippen molar-refractivity contribution in [3.8, 4) is 5.75 Å². The third kappa shape index (κ3) is 2.89. The van der Waals surface area contributed by atoms with Crippen LogP contribution in [0.1, 0.15) is 6.92 Å². The van der Waals surface area contributed by atoms with E-state index < -0.39 is 10.0 Å². The lowest BCUT2D eigenvalue weighted by Gasteiger charge is -2.05. The van der Waals surface area contributed by atoms with Crippen molar-refractivity contribution in [1.29, 1.82) is 0 Å². The van der Waals surface area contributed by atoms with Crippen molar-refractivity contribution in [2.75, 3.05) is 7.11 Å². The van der Waals surface area contributed by atoms with E-state index in [9.17, 15) is 8.42 Å². The number of sulfonamides is 1. The number of nitrogens with zero attached hydrogens (tertiary/aromatic N) is 2. The number of para-hydroxylation sites is 1. The Kier molecular flexibility index (Phi) is 4.23. The van der Waals surface area contributed by atoms with Crippen LogP contribution in [0.2, 0.25) is 0 Å². The molecule has 0 amide bonds. The van der Waals surface area contributed by atoms with Gasteiger partial charge in [-0.3, -0.25) is 0 Å². The summed E-state index contributed by atoms with van der Waals surface area (Å²) in [6.07, 6.45) is 0. The van der Waals surface area contributed by atoms with Gasteiger partial charge in [0.15, 0.2) is 0 Å². The highest BCUT2D eigenvalue weighted by Gasteiger charge is 2.15. The summed E-state index contributed by atoms with van der Waals surface area (Å²) >= 11 is 1.34. The SMILES string of the molecule is CCn1/c(=N/S(=O)(=O)c2ccccc2)sc2cccc(OC)c21. The Labute approximate surface area is 138 Å². The van der Waals surface area contributed by atoms with Crippen LogP contribution in [-0.4, -0.2) is 20.1 Å². The maximum atomic E-state index is 12.5. The van der Waals surface area contributed by atoms with Crippen LogP contribution in [0.4, 0.5) is 0 Å². The van der Waals surface area contributed by atoms with Gasteiger partial charge in [-0.1, -0.05) is 35.6 Å². The molecule has 23 heavy (non-hydrogen) atoms. The topological polar surface area (TPSA) is 60.7 Å². The molecule has 0 aliphatic rings. The molecule has 120 valence electrons. The van der Waals surface area contributed by atoms with Crippen LogP contribution in [0.3, 0.4) is 0 Å². The zero-order chi connectivity index (χ0) is 16.4. The molecule has 0 bridgehead atoms. The predicted molar refractivity (Wildman–Crippen MR) is 91.2 cm³/mol. The molecule has 5 nitrogen and oxygen atoms in total. The van der Waals surface area contributed by atoms with E-state index in [2.05, 4.69) is 4.40 Å². The first-order valence-electron chi connectivity index (χ1n) is 7.09. The number of benzene rings is 2. The van der Waals surface area contributed by atoms with Gasteiger partial charge in [0.05, 0.1) is 16.7 Å². The van der Waals surface area contributed by atoms with E-state index in [-0.39, 0.29) is 4.90 Å². The molecule has 0 radical (unpaired) electrons. The molecular weight excluding hydrogens is 332 g/mol. The monoisotopic (exact) mass is 348 g/mol. The van der Waals surface area contributed by atoms with Crippen molar-refractivity contribution in [1.82, 2.24) is 4.57 Å². The Morgan fingerprint density at radius 2 is 1.87 bits per heavy atom. The normalized spacial score (nSPS) is 12.7. The number of hydrogen-bond acceptors (Lipinski definition) is 4. The fourth-order valence-electron chi connectivity index (χ4n) is 2.37. The van der Waals surface area contributed by atoms with Gasteiger partial charge in [-0.05, 0) is 31.2 Å². The number of methoxy groups -OCH3 is 1. The van der Waals surface area contributed by atoms with Gasteiger partial charge in [0.25, 0.3) is 10.0 Å². The fraction of sp³-hybridized carbons (Fsp3) is 0.188. The van der Waals surface area contributed by atoms with Gasteiger partial charge in [0.1, 0.15) is 11.3 Å². The molecule has 0 atom stereocenters. The highest BCUT2D eigenvalue weighted by molar-refractivity contribution is 7.90. The first-order valence-corrected chi connectivity index (χ1v) is 9.35. The van der Waals surface area contributed by atoms with Crippen LogP contribution in [0, 0.1) is 0 Å². The quantitative estimate of drug-likeness (QED) is 0.728. The van der Waals surface area contributed by atoms with Gasteiger partial charge in [0.2, 0.25) is 4.80 Å². The number of ether oxygens (including phenoxy) is 1. The van der Waals surface area contributed by atoms with Crippen LogP contribution in [-0.2, 0) is 16.6 Å². The molecule has 7 heteroatoms. The Bertz CT molecular complexity index is 1000. The second-order valence-corrected chi connectivity index (χ2v) is 7.43. The van der Waals surface area contributed by atoms with Gasteiger partial charge >= 0.3 is 0 Å². The summed E-state index contributed by atoms with van der Waals surface area (Å²) < 4.78 is 37.2. The molecule has 0 N–H and O–H groups in total. The third-order valence-corrected chi connectivity index (χ3v) is 5.88. The molecule has 0 aliphatic heterocycles. The van der Waals surface area contributed by atoms with Crippen LogP contribution in [0.15, 0.2) is 57.8 Å². The van der Waals surface area contributed by atoms with E-state index >= 15 is 0 Å². The highest BCUT2D eigenvalue weighted by atomic mass is 32.2. The fourth-order valence-corrected chi connectivity index (χ4v) is 4.71. The molecular formula is C16H16N2O3S2. The number of thiazole rings is 1. The molecule has 3 rings (SSSR count). The van der Waals surface area contributed by atoms with E-state index in [0.29, 0.717) is 17.1 Å². The molecule has 0 saturated heterocycles. The first-order chi connectivity index (χ1) is 11.1. The average Bonchev–Trinajstić information content (AvgIpc) is 2.91. The van der Waals surface area contributed by atoms with E-state index in [1.54, 1.807) is 37.4 Å². The Morgan fingerprint density at radius 3 is 2.52 bits per heavy atom. The molecule has 0 spiro atoms. The summed E-state index contributed by atoms with van der Waals surface area (Å²) in [7, 11) is -2.14. The number of hydrogen-bond donors (Lipinski definition) is 0. The van der Waals surface area contributed by atoms with Crippen molar-refractivity contribution in [2.45, 2.75) is 18.4 Å². The smallest absolute Gasteiger partial charge is 0.285 e. The minimum Gasteiger partial charge on any atom is -0.495 e. The lowest BCUT2D eigenvalue weighted by Crippen LogP contribution is -2.16. The van der Waals surface area contributed by atoms with Crippen LogP contribution < -0.4 is 9.54 Å². The van der Waals surface area contributed by atoms with Crippen LogP contribution in [0.5, 0.6) is 5.75 Å². The highest BCUT2D eigenvalue weighted by Crippen LogP contribution is 2.27. The second-order valence-electron chi connectivity index (χ2n) is 4.82. The Hall–Kier alpha value is -2.12. The van der Waals surface area contributed by atoms with Crippen molar-refractivity contribution >= 4 is 31.6 Å². The summed E-state index contributed by atoms with van der Waals surface area (Å²) in [5.74, 6) is 0.708. The van der Waals surface area contributed by atoms with Crippen LogP contribution in [0.25, 0.3) is 10.2 Å². The van der Waals surface area contributed by atoms with Crippen LogP contribution >= 0.6 is 11.3 Å². The average molecular weight is 348 g/mol. The zero-order valence-corrected chi connectivity index (χ0v) is 14.4. The number of aromatic nitrogens is 1. The number of aryl methyl sites for hydroxylation is 1. The number of rotatable bonds is 4. The molecule has 3 aromatic rings. The zero-order valence-electron chi connectivity index (χ0n) is 12.8. The largest absolute Gasteiger partial charge is 0.495 e. The standard InChI is InChI=1S/C16H16N2O3S2/c1-3-18-15-13(21-2)10-7-11-14(15)22-16(18)17-23(19,20)12-8-5-4-6-9-12/h4-11H,3H2,1-2H3/b17-16-. The van der Waals surface area contributed by atoms with E-state index in [1.165, 1.54) is 11.3 Å². The summed E-state index contributed by atoms with van der Waals surface area (Å²) in [4.78, 5) is 0.628. The summed E-state index contributed by atoms with van der Waals surface area (Å²) in [5.41, 5.74) is 0.865. The van der Waals surface area contributed by atoms with E-state index in [0.717, 1.165) is 10.2 Å². The number of fused-ring (bicyclic) bond motifs is 1. The van der Waals surface area contributed by atoms with Crippen molar-refractivity contribution in [2.24, 2.45) is 4.40 Å². The third-order valence-electron chi connectivity index (χ3n) is 3.44. The van der Waals surface area contributed by atoms with Crippen molar-refractivity contribution < 1.29 is 13.2 Å². The van der Waals surface area contributed by atoms with Crippen molar-refractivity contribution in [3.63, 3.8) is 0 Å². The first kappa shape index (κ1) is 15.8. The summed E-state index contributed by atoms with van der Waals surface area (Å²) in [6, 6.07) is 13.9. The van der Waals surface area contributed by atoms with E-state index in [4.69, 9.17) is 4.74 Å². The Balaban J connectivity index is 2.28. The molecule has 2 aromatic carbocycles. The molecule has 0 unspecified atom stereocenters. The summed E-state index contributed by atoms with van der Waals surface area (Å²) in [5, 5.41) is 0. The maximum absolute atomic E-state index is 12.5. The lowest BCUT2D eigenvalue weighted by atomic mass is 10.3. The van der Waals surface area contributed by atoms with Crippen molar-refractivity contribution in [3.05, 3.63) is 53.3 Å². The second kappa shape index (κ2) is 6.17. The van der Waals surface area contributed by atoms with Gasteiger partial charge in [0, 0.05) is 6.54 Å². The molecule has 1 heterocycles. The summed E-state index contributed by atoms with van der Waals surface area (Å²) in [6.45, 7) is 2.55.